The van der Waals surface area contributed by atoms with Gasteiger partial charge in [-0.3, -0.25) is 9.59 Å². The summed E-state index contributed by atoms with van der Waals surface area (Å²) in [5.41, 5.74) is 11.5. The maximum absolute atomic E-state index is 12.1. The Labute approximate surface area is 364 Å². The molecule has 0 spiro atoms. The molecule has 0 saturated carbocycles. The maximum Gasteiger partial charge on any atom is 0.296 e. The number of hydrogen-bond donors (Lipinski definition) is 4. The smallest absolute Gasteiger partial charge is 0.296 e. The fraction of sp³-hybridized carbons (Fsp3) is 0.306. The van der Waals surface area contributed by atoms with Crippen molar-refractivity contribution in [3.8, 4) is 23.7 Å². The minimum absolute atomic E-state index is 0.00251. The van der Waals surface area contributed by atoms with Gasteiger partial charge in [-0.25, -0.2) is 15.0 Å². The van der Waals surface area contributed by atoms with Crippen molar-refractivity contribution in [2.75, 3.05) is 13.1 Å². The lowest BCUT2D eigenvalue weighted by Crippen LogP contribution is -2.37. The van der Waals surface area contributed by atoms with Gasteiger partial charge in [-0.1, -0.05) is 88.2 Å². The Morgan fingerprint density at radius 1 is 0.733 bits per heavy atom. The summed E-state index contributed by atoms with van der Waals surface area (Å²) >= 11 is 10.2. The Bertz CT molecular complexity index is 2500. The molecular formula is C49H53N7O2S2. The Hall–Kier alpha value is -6.07. The number of Topliss-reactive ketones (excluding diaryl/α,β-unsaturated/α-hetero) is 1. The predicted octanol–water partition coefficient (Wildman–Crippen LogP) is 9.38. The Kier molecular flexibility index (Phi) is 18.7. The summed E-state index contributed by atoms with van der Waals surface area (Å²) in [5, 5.41) is 7.37. The van der Waals surface area contributed by atoms with Crippen molar-refractivity contribution in [2.24, 2.45) is 21.6 Å². The molecule has 0 aliphatic carbocycles. The number of benzene rings is 2. The number of H-pyrrole nitrogens is 2. The molecular weight excluding hydrogens is 783 g/mol. The normalized spacial score (nSPS) is 10.6. The fourth-order valence-electron chi connectivity index (χ4n) is 5.78. The molecule has 0 aliphatic rings. The summed E-state index contributed by atoms with van der Waals surface area (Å²) in [7, 11) is 0. The molecule has 0 saturated heterocycles. The second-order valence-electron chi connectivity index (χ2n) is 15.7. The first-order valence-electron chi connectivity index (χ1n) is 19.9. The number of nitrogens with zero attached hydrogens (tertiary/aromatic N) is 3. The zero-order chi connectivity index (χ0) is 43.2. The first kappa shape index (κ1) is 46.6. The van der Waals surface area contributed by atoms with Crippen LogP contribution in [0.2, 0.25) is 0 Å². The van der Waals surface area contributed by atoms with Gasteiger partial charge in [0.15, 0.2) is 0 Å². The third-order valence-electron chi connectivity index (χ3n) is 9.69. The van der Waals surface area contributed by atoms with E-state index in [-0.39, 0.29) is 22.5 Å². The Morgan fingerprint density at radius 3 is 1.87 bits per heavy atom. The van der Waals surface area contributed by atoms with Gasteiger partial charge >= 0.3 is 0 Å². The number of carbonyl (C=O) groups excluding carboxylic acids is 2. The van der Waals surface area contributed by atoms with Gasteiger partial charge in [0.25, 0.3) is 5.91 Å². The summed E-state index contributed by atoms with van der Waals surface area (Å²) < 4.78 is 0. The van der Waals surface area contributed by atoms with Crippen LogP contribution in [-0.2, 0) is 22.6 Å². The molecule has 60 heavy (non-hydrogen) atoms. The molecule has 2 aromatic carbocycles. The average molecular weight is 836 g/mol. The lowest BCUT2D eigenvalue weighted by Gasteiger charge is -2.24. The number of thiocarbonyl (C=S) groups is 2. The summed E-state index contributed by atoms with van der Waals surface area (Å²) in [5.74, 6) is 10.8. The van der Waals surface area contributed by atoms with Gasteiger partial charge in [0.1, 0.15) is 11.3 Å². The van der Waals surface area contributed by atoms with Crippen molar-refractivity contribution in [2.45, 2.75) is 72.8 Å². The number of nitrogens with two attached hydrogens (primary N) is 1. The number of aliphatic imine (C=N–C) groups is 1. The quantitative estimate of drug-likeness (QED) is 0.0487. The van der Waals surface area contributed by atoms with E-state index in [0.717, 1.165) is 70.3 Å². The molecule has 5 N–H and O–H groups in total. The van der Waals surface area contributed by atoms with E-state index in [1.165, 1.54) is 10.9 Å². The molecule has 9 nitrogen and oxygen atoms in total. The van der Waals surface area contributed by atoms with E-state index in [1.807, 2.05) is 105 Å². The van der Waals surface area contributed by atoms with Gasteiger partial charge in [-0.15, -0.1) is 0 Å². The van der Waals surface area contributed by atoms with E-state index >= 15 is 0 Å². The maximum atomic E-state index is 12.1. The lowest BCUT2D eigenvalue weighted by molar-refractivity contribution is -0.116. The van der Waals surface area contributed by atoms with E-state index in [9.17, 15) is 9.59 Å². The van der Waals surface area contributed by atoms with Crippen molar-refractivity contribution in [1.82, 2.24) is 25.3 Å². The SMILES string of the molecule is CC(C)(CCC(=O)C#Cc1ccccc1)CCC(=S)CCc1ccnc2[nH]ccc12.CC(C)(CN)CNC(=O)C#Cc1ccccc1.S=C=NCc1ccnc2[nH]ccc12. The number of ketones is 1. The van der Waals surface area contributed by atoms with Crippen molar-refractivity contribution < 1.29 is 9.59 Å². The van der Waals surface area contributed by atoms with E-state index in [2.05, 4.69) is 97.3 Å². The number of aryl methyl sites for hydroxylation is 1. The highest BCUT2D eigenvalue weighted by Gasteiger charge is 2.20. The van der Waals surface area contributed by atoms with Crippen LogP contribution in [0.3, 0.4) is 0 Å². The van der Waals surface area contributed by atoms with Gasteiger partial charge in [0.2, 0.25) is 5.78 Å². The Balaban J connectivity index is 0.000000222. The largest absolute Gasteiger partial charge is 0.346 e. The zero-order valence-electron chi connectivity index (χ0n) is 34.8. The molecule has 0 aliphatic heterocycles. The number of nitrogens with one attached hydrogen (secondary N) is 3. The molecule has 0 unspecified atom stereocenters. The predicted molar refractivity (Wildman–Crippen MR) is 252 cm³/mol. The molecule has 11 heteroatoms. The van der Waals surface area contributed by atoms with Gasteiger partial charge in [0.05, 0.1) is 11.7 Å². The van der Waals surface area contributed by atoms with Crippen molar-refractivity contribution in [3.63, 3.8) is 0 Å². The van der Waals surface area contributed by atoms with Crippen LogP contribution in [0.4, 0.5) is 0 Å². The molecule has 4 heterocycles. The molecule has 6 aromatic rings. The van der Waals surface area contributed by atoms with Crippen LogP contribution in [0.15, 0.2) is 115 Å². The molecule has 308 valence electrons. The number of carbonyl (C=O) groups is 2. The average Bonchev–Trinajstić information content (AvgIpc) is 3.97. The lowest BCUT2D eigenvalue weighted by atomic mass is 9.82. The summed E-state index contributed by atoms with van der Waals surface area (Å²) in [6, 6.07) is 27.1. The van der Waals surface area contributed by atoms with Crippen molar-refractivity contribution in [1.29, 1.82) is 0 Å². The topological polar surface area (TPSA) is 142 Å². The summed E-state index contributed by atoms with van der Waals surface area (Å²) in [6.07, 6.45) is 12.4. The van der Waals surface area contributed by atoms with Crippen LogP contribution in [0.25, 0.3) is 22.1 Å². The van der Waals surface area contributed by atoms with Gasteiger partial charge in [-0.05, 0) is 132 Å². The molecule has 0 radical (unpaired) electrons. The molecule has 0 atom stereocenters. The monoisotopic (exact) mass is 835 g/mol. The fourth-order valence-corrected chi connectivity index (χ4v) is 6.04. The molecule has 1 amide bonds. The van der Waals surface area contributed by atoms with Crippen molar-refractivity contribution in [3.05, 3.63) is 132 Å². The number of isothiocyanates is 1. The van der Waals surface area contributed by atoms with Crippen LogP contribution < -0.4 is 11.1 Å². The molecule has 6 rings (SSSR count). The van der Waals surface area contributed by atoms with Gasteiger partial charge in [-0.2, -0.15) is 0 Å². The molecule has 4 aromatic heterocycles. The zero-order valence-corrected chi connectivity index (χ0v) is 36.4. The van der Waals surface area contributed by atoms with Crippen LogP contribution >= 0.6 is 24.4 Å². The number of rotatable bonds is 14. The standard InChI is InChI=1S/C26H28N2OS.C14H18N2O.C9H7N3S/c1-26(2,16-12-22(29)10-8-20-6-4-3-5-7-20)17-13-23(30)11-9-21-14-18-27-25-24(21)15-19-28-25;1-14(2,10-15)11-16-13(17)9-8-12-6-4-3-5-7-12;13-6-10-5-7-1-3-11-9-8(7)2-4-12-9/h3-7,14-15,18-19H,9,11-13,16-17H2,1-2H3,(H,27,28);3-7H,10-11,15H2,1-2H3,(H,16,17);1-4H,5H2,(H,11,12). The third-order valence-corrected chi connectivity index (χ3v) is 10.2. The second-order valence-corrected chi connectivity index (χ2v) is 16.5. The molecule has 0 fully saturated rings. The van der Waals surface area contributed by atoms with Crippen LogP contribution in [0.5, 0.6) is 0 Å². The van der Waals surface area contributed by atoms with Crippen LogP contribution in [-0.4, -0.2) is 54.7 Å². The first-order chi connectivity index (χ1) is 28.9. The minimum Gasteiger partial charge on any atom is -0.346 e. The highest BCUT2D eigenvalue weighted by Crippen LogP contribution is 2.29. The van der Waals surface area contributed by atoms with Gasteiger partial charge < -0.3 is 21.0 Å². The second kappa shape index (κ2) is 24.1. The van der Waals surface area contributed by atoms with E-state index in [4.69, 9.17) is 18.0 Å². The van der Waals surface area contributed by atoms with E-state index in [1.54, 1.807) is 6.20 Å². The first-order valence-corrected chi connectivity index (χ1v) is 20.7. The number of amides is 1. The van der Waals surface area contributed by atoms with Crippen LogP contribution in [0.1, 0.15) is 82.1 Å². The number of fused-ring (bicyclic) bond motifs is 2. The number of pyridine rings is 2. The highest BCUT2D eigenvalue weighted by molar-refractivity contribution is 7.80. The summed E-state index contributed by atoms with van der Waals surface area (Å²) in [4.78, 5) is 43.3. The number of aromatic nitrogens is 4. The van der Waals surface area contributed by atoms with Crippen LogP contribution in [0, 0.1) is 34.5 Å². The Morgan fingerprint density at radius 2 is 1.28 bits per heavy atom. The third kappa shape index (κ3) is 16.7. The molecule has 0 bridgehead atoms. The number of hydrogen-bond acceptors (Lipinski definition) is 8. The van der Waals surface area contributed by atoms with Crippen molar-refractivity contribution >= 4 is 68.2 Å². The van der Waals surface area contributed by atoms with E-state index < -0.39 is 0 Å². The van der Waals surface area contributed by atoms with E-state index in [0.29, 0.717) is 26.1 Å². The van der Waals surface area contributed by atoms with Gasteiger partial charge in [0, 0.05) is 65.6 Å². The minimum atomic E-state index is -0.268. The summed E-state index contributed by atoms with van der Waals surface area (Å²) in [6.45, 7) is 10.0. The highest BCUT2D eigenvalue weighted by atomic mass is 32.1. The number of aromatic amines is 2.